The van der Waals surface area contributed by atoms with Crippen molar-refractivity contribution in [3.8, 4) is 16.9 Å². The Hall–Kier alpha value is -4.39. The standard InChI is InChI=1S/C27H28F3N9O/c1-3-6-37-7-9-38(10-8-37)22-11-19(14-31-16-22)24-17-39(36-35-24)25-13-21(15-33-18(25)2)34-26(40)23-12-20(4-5-32-23)27(28,29)30/h4-5,11-17H,3,6-10H2,1-2H3,(H,34,40). The van der Waals surface area contributed by atoms with Crippen LogP contribution in [0.15, 0.2) is 55.2 Å². The molecule has 1 fully saturated rings. The number of pyridine rings is 3. The minimum Gasteiger partial charge on any atom is -0.368 e. The maximum absolute atomic E-state index is 13.0. The lowest BCUT2D eigenvalue weighted by molar-refractivity contribution is -0.137. The highest BCUT2D eigenvalue weighted by molar-refractivity contribution is 6.03. The second-order valence-electron chi connectivity index (χ2n) is 9.52. The van der Waals surface area contributed by atoms with E-state index in [2.05, 4.69) is 47.3 Å². The third-order valence-corrected chi connectivity index (χ3v) is 6.68. The van der Waals surface area contributed by atoms with Gasteiger partial charge in [0.1, 0.15) is 11.4 Å². The monoisotopic (exact) mass is 551 g/mol. The molecule has 0 spiro atoms. The molecular weight excluding hydrogens is 523 g/mol. The Bertz CT molecular complexity index is 1500. The smallest absolute Gasteiger partial charge is 0.368 e. The molecule has 0 radical (unpaired) electrons. The molecule has 1 aliphatic heterocycles. The number of carbonyl (C=O) groups is 1. The number of anilines is 2. The molecule has 0 bridgehead atoms. The molecule has 10 nitrogen and oxygen atoms in total. The lowest BCUT2D eigenvalue weighted by Crippen LogP contribution is -2.46. The van der Waals surface area contributed by atoms with Crippen LogP contribution in [0.25, 0.3) is 16.9 Å². The Kier molecular flexibility index (Phi) is 7.74. The van der Waals surface area contributed by atoms with E-state index in [1.165, 1.54) is 10.9 Å². The fourth-order valence-corrected chi connectivity index (χ4v) is 4.55. The number of rotatable bonds is 7. The summed E-state index contributed by atoms with van der Waals surface area (Å²) in [5.74, 6) is -0.791. The molecule has 5 rings (SSSR count). The van der Waals surface area contributed by atoms with Crippen LogP contribution in [0.4, 0.5) is 24.5 Å². The first-order chi connectivity index (χ1) is 19.2. The average Bonchev–Trinajstić information content (AvgIpc) is 3.45. The molecule has 0 aromatic carbocycles. The molecule has 1 N–H and O–H groups in total. The molecule has 13 heteroatoms. The van der Waals surface area contributed by atoms with Crippen LogP contribution in [0.1, 0.15) is 35.1 Å². The maximum Gasteiger partial charge on any atom is 0.416 e. The van der Waals surface area contributed by atoms with Gasteiger partial charge in [-0.05, 0) is 44.2 Å². The van der Waals surface area contributed by atoms with E-state index in [9.17, 15) is 18.0 Å². The zero-order chi connectivity index (χ0) is 28.3. The van der Waals surface area contributed by atoms with Gasteiger partial charge in [0.15, 0.2) is 0 Å². The highest BCUT2D eigenvalue weighted by atomic mass is 19.4. The first kappa shape index (κ1) is 27.2. The molecule has 4 aromatic heterocycles. The second kappa shape index (κ2) is 11.4. The SMILES string of the molecule is CCCN1CCN(c2cncc(-c3cn(-c4cc(NC(=O)c5cc(C(F)(F)F)ccn5)cnc4C)nn3)c2)CC1. The zero-order valence-corrected chi connectivity index (χ0v) is 22.1. The first-order valence-corrected chi connectivity index (χ1v) is 12.9. The number of aromatic nitrogens is 6. The van der Waals surface area contributed by atoms with E-state index in [-0.39, 0.29) is 11.4 Å². The average molecular weight is 552 g/mol. The van der Waals surface area contributed by atoms with Crippen LogP contribution >= 0.6 is 0 Å². The summed E-state index contributed by atoms with van der Waals surface area (Å²) < 4.78 is 40.6. The molecule has 0 saturated carbocycles. The molecule has 1 aliphatic rings. The second-order valence-corrected chi connectivity index (χ2v) is 9.52. The maximum atomic E-state index is 13.0. The van der Waals surface area contributed by atoms with Crippen molar-refractivity contribution in [2.24, 2.45) is 0 Å². The van der Waals surface area contributed by atoms with Crippen molar-refractivity contribution in [2.75, 3.05) is 42.9 Å². The van der Waals surface area contributed by atoms with Gasteiger partial charge >= 0.3 is 6.18 Å². The summed E-state index contributed by atoms with van der Waals surface area (Å²) in [6, 6.07) is 5.18. The fraction of sp³-hybridized carbons (Fsp3) is 0.333. The quantitative estimate of drug-likeness (QED) is 0.364. The van der Waals surface area contributed by atoms with Crippen molar-refractivity contribution in [1.82, 2.24) is 34.8 Å². The number of nitrogens with one attached hydrogen (secondary N) is 1. The highest BCUT2D eigenvalue weighted by Crippen LogP contribution is 2.29. The van der Waals surface area contributed by atoms with E-state index in [4.69, 9.17) is 0 Å². The van der Waals surface area contributed by atoms with Gasteiger partial charge in [0.2, 0.25) is 0 Å². The van der Waals surface area contributed by atoms with Crippen molar-refractivity contribution in [3.63, 3.8) is 0 Å². The normalized spacial score (nSPS) is 14.4. The van der Waals surface area contributed by atoms with Crippen LogP contribution in [-0.4, -0.2) is 73.5 Å². The van der Waals surface area contributed by atoms with Crippen molar-refractivity contribution < 1.29 is 18.0 Å². The fourth-order valence-electron chi connectivity index (χ4n) is 4.55. The number of piperazine rings is 1. The van der Waals surface area contributed by atoms with Gasteiger partial charge in [-0.25, -0.2) is 4.68 Å². The van der Waals surface area contributed by atoms with Gasteiger partial charge in [0, 0.05) is 44.1 Å². The summed E-state index contributed by atoms with van der Waals surface area (Å²) in [6.45, 7) is 8.95. The predicted octanol–water partition coefficient (Wildman–Crippen LogP) is 4.23. The summed E-state index contributed by atoms with van der Waals surface area (Å²) >= 11 is 0. The summed E-state index contributed by atoms with van der Waals surface area (Å²) in [5.41, 5.74) is 2.56. The van der Waals surface area contributed by atoms with Crippen LogP contribution in [0, 0.1) is 6.92 Å². The van der Waals surface area contributed by atoms with Crippen molar-refractivity contribution >= 4 is 17.3 Å². The number of carbonyl (C=O) groups excluding carboxylic acids is 1. The van der Waals surface area contributed by atoms with Gasteiger partial charge < -0.3 is 10.2 Å². The van der Waals surface area contributed by atoms with Crippen LogP contribution in [-0.2, 0) is 6.18 Å². The molecular formula is C27H28F3N9O. The minimum atomic E-state index is -4.58. The van der Waals surface area contributed by atoms with Gasteiger partial charge in [-0.1, -0.05) is 12.1 Å². The zero-order valence-electron chi connectivity index (χ0n) is 22.1. The lowest BCUT2D eigenvalue weighted by atomic mass is 10.2. The van der Waals surface area contributed by atoms with Crippen molar-refractivity contribution in [2.45, 2.75) is 26.4 Å². The molecule has 5 heterocycles. The number of amides is 1. The molecule has 208 valence electrons. The molecule has 40 heavy (non-hydrogen) atoms. The summed E-state index contributed by atoms with van der Waals surface area (Å²) in [4.78, 5) is 29.9. The molecule has 4 aromatic rings. The number of nitrogens with zero attached hydrogens (tertiary/aromatic N) is 8. The number of aryl methyl sites for hydroxylation is 1. The van der Waals surface area contributed by atoms with Gasteiger partial charge in [-0.15, -0.1) is 5.10 Å². The lowest BCUT2D eigenvalue weighted by Gasteiger charge is -2.35. The Morgan fingerprint density at radius 2 is 1.85 bits per heavy atom. The van der Waals surface area contributed by atoms with E-state index in [1.54, 1.807) is 25.4 Å². The third-order valence-electron chi connectivity index (χ3n) is 6.68. The Labute approximate surface area is 228 Å². The van der Waals surface area contributed by atoms with Gasteiger partial charge in [0.05, 0.1) is 46.9 Å². The molecule has 1 amide bonds. The topological polar surface area (TPSA) is 105 Å². The largest absolute Gasteiger partial charge is 0.416 e. The van der Waals surface area contributed by atoms with Gasteiger partial charge in [-0.2, -0.15) is 13.2 Å². The van der Waals surface area contributed by atoms with Crippen LogP contribution in [0.2, 0.25) is 0 Å². The number of hydrogen-bond acceptors (Lipinski definition) is 8. The van der Waals surface area contributed by atoms with E-state index < -0.39 is 17.6 Å². The van der Waals surface area contributed by atoms with Crippen LogP contribution in [0.5, 0.6) is 0 Å². The van der Waals surface area contributed by atoms with Crippen LogP contribution < -0.4 is 10.2 Å². The number of alkyl halides is 3. The van der Waals surface area contributed by atoms with E-state index in [0.717, 1.165) is 62.7 Å². The molecule has 1 saturated heterocycles. The summed E-state index contributed by atoms with van der Waals surface area (Å²) in [7, 11) is 0. The number of hydrogen-bond donors (Lipinski definition) is 1. The van der Waals surface area contributed by atoms with E-state index in [0.29, 0.717) is 23.1 Å². The Balaban J connectivity index is 1.32. The summed E-state index contributed by atoms with van der Waals surface area (Å²) in [5, 5.41) is 11.1. The minimum absolute atomic E-state index is 0.271. The van der Waals surface area contributed by atoms with Crippen LogP contribution in [0.3, 0.4) is 0 Å². The Morgan fingerprint density at radius 1 is 1.05 bits per heavy atom. The Morgan fingerprint density at radius 3 is 2.60 bits per heavy atom. The molecule has 0 aliphatic carbocycles. The molecule has 0 atom stereocenters. The van der Waals surface area contributed by atoms with Crippen molar-refractivity contribution in [1.29, 1.82) is 0 Å². The predicted molar refractivity (Wildman–Crippen MR) is 143 cm³/mol. The molecule has 0 unspecified atom stereocenters. The summed E-state index contributed by atoms with van der Waals surface area (Å²) in [6.07, 6.45) is 4.24. The third kappa shape index (κ3) is 6.09. The van der Waals surface area contributed by atoms with Gasteiger partial charge in [-0.3, -0.25) is 24.6 Å². The van der Waals surface area contributed by atoms with Gasteiger partial charge in [0.25, 0.3) is 5.91 Å². The van der Waals surface area contributed by atoms with E-state index >= 15 is 0 Å². The first-order valence-electron chi connectivity index (χ1n) is 12.9. The van der Waals surface area contributed by atoms with E-state index in [1.807, 2.05) is 12.3 Å². The number of halogens is 3. The van der Waals surface area contributed by atoms with Crippen molar-refractivity contribution in [3.05, 3.63) is 72.2 Å². The highest BCUT2D eigenvalue weighted by Gasteiger charge is 2.31.